The van der Waals surface area contributed by atoms with Crippen LogP contribution in [-0.4, -0.2) is 10.9 Å². The third-order valence-corrected chi connectivity index (χ3v) is 1.82. The summed E-state index contributed by atoms with van der Waals surface area (Å²) in [4.78, 5) is 0. The van der Waals surface area contributed by atoms with Gasteiger partial charge in [-0.05, 0) is 25.7 Å². The first-order chi connectivity index (χ1) is 4.43. The first kappa shape index (κ1) is 9.76. The maximum absolute atomic E-state index is 8.40. The molecule has 0 aromatic rings. The van der Waals surface area contributed by atoms with Crippen molar-refractivity contribution >= 4 is 18.1 Å². The van der Waals surface area contributed by atoms with Crippen LogP contribution in [0.1, 0.15) is 38.5 Å². The van der Waals surface area contributed by atoms with E-state index in [1.54, 1.807) is 0 Å². The smallest absolute Gasteiger partial charge is 0.0570 e. The van der Waals surface area contributed by atoms with Crippen molar-refractivity contribution in [3.8, 4) is 0 Å². The number of oxime groups is 1. The summed E-state index contributed by atoms with van der Waals surface area (Å²) >= 11 is 0. The monoisotopic (exact) mass is 163 g/mol. The molecule has 0 aromatic heterocycles. The van der Waals surface area contributed by atoms with Crippen LogP contribution in [0.4, 0.5) is 0 Å². The van der Waals surface area contributed by atoms with Crippen LogP contribution in [-0.2, 0) is 0 Å². The van der Waals surface area contributed by atoms with Crippen molar-refractivity contribution in [2.75, 3.05) is 0 Å². The van der Waals surface area contributed by atoms with Crippen LogP contribution in [0, 0.1) is 0 Å². The normalized spacial score (nSPS) is 19.0. The van der Waals surface area contributed by atoms with Gasteiger partial charge in [0, 0.05) is 0 Å². The van der Waals surface area contributed by atoms with E-state index in [-0.39, 0.29) is 12.4 Å². The van der Waals surface area contributed by atoms with Crippen LogP contribution < -0.4 is 0 Å². The van der Waals surface area contributed by atoms with Gasteiger partial charge in [-0.15, -0.1) is 12.4 Å². The Bertz CT molecular complexity index is 104. The standard InChI is InChI=1S/C7H13NO.ClH/c9-8-7-5-3-1-2-4-6-7;/h9H,1-6H2;1H. The average Bonchev–Trinajstić information content (AvgIpc) is 2.13. The Morgan fingerprint density at radius 2 is 1.50 bits per heavy atom. The van der Waals surface area contributed by atoms with Crippen LogP contribution in [0.5, 0.6) is 0 Å². The summed E-state index contributed by atoms with van der Waals surface area (Å²) in [6.45, 7) is 0. The molecule has 0 aromatic carbocycles. The summed E-state index contributed by atoms with van der Waals surface area (Å²) < 4.78 is 0. The minimum atomic E-state index is 0. The molecule has 1 aliphatic rings. The summed E-state index contributed by atoms with van der Waals surface area (Å²) in [7, 11) is 0. The SMILES string of the molecule is Cl.ON=C1CCCCCC1. The third-order valence-electron chi connectivity index (χ3n) is 1.82. The highest BCUT2D eigenvalue weighted by atomic mass is 35.5. The second-order valence-corrected chi connectivity index (χ2v) is 2.58. The van der Waals surface area contributed by atoms with Crippen molar-refractivity contribution in [2.24, 2.45) is 5.16 Å². The summed E-state index contributed by atoms with van der Waals surface area (Å²) in [6.07, 6.45) is 7.05. The van der Waals surface area contributed by atoms with Crippen LogP contribution in [0.15, 0.2) is 5.16 Å². The highest BCUT2D eigenvalue weighted by Crippen LogP contribution is 2.14. The molecule has 2 nitrogen and oxygen atoms in total. The second kappa shape index (κ2) is 5.54. The van der Waals surface area contributed by atoms with Gasteiger partial charge in [0.2, 0.25) is 0 Å². The van der Waals surface area contributed by atoms with E-state index in [1.165, 1.54) is 25.7 Å². The summed E-state index contributed by atoms with van der Waals surface area (Å²) in [5.41, 5.74) is 0.993. The van der Waals surface area contributed by atoms with Crippen molar-refractivity contribution in [2.45, 2.75) is 38.5 Å². The lowest BCUT2D eigenvalue weighted by Crippen LogP contribution is -1.93. The Balaban J connectivity index is 0.000000810. The molecule has 1 fully saturated rings. The molecule has 1 aliphatic carbocycles. The maximum atomic E-state index is 8.40. The maximum Gasteiger partial charge on any atom is 0.0570 e. The van der Waals surface area contributed by atoms with Crippen LogP contribution in [0.2, 0.25) is 0 Å². The van der Waals surface area contributed by atoms with Gasteiger partial charge in [-0.3, -0.25) is 0 Å². The predicted octanol–water partition coefficient (Wildman–Crippen LogP) is 2.59. The zero-order chi connectivity index (χ0) is 6.53. The molecule has 0 heterocycles. The van der Waals surface area contributed by atoms with Crippen LogP contribution in [0.25, 0.3) is 0 Å². The van der Waals surface area contributed by atoms with Crippen molar-refractivity contribution in [3.05, 3.63) is 0 Å². The van der Waals surface area contributed by atoms with E-state index in [4.69, 9.17) is 5.21 Å². The molecular formula is C7H14ClNO. The third kappa shape index (κ3) is 3.06. The van der Waals surface area contributed by atoms with Gasteiger partial charge in [0.15, 0.2) is 0 Å². The first-order valence-electron chi connectivity index (χ1n) is 3.63. The Kier molecular flexibility index (Phi) is 5.40. The molecule has 1 saturated carbocycles. The predicted molar refractivity (Wildman–Crippen MR) is 44.2 cm³/mol. The minimum Gasteiger partial charge on any atom is -0.411 e. The lowest BCUT2D eigenvalue weighted by Gasteiger charge is -1.93. The van der Waals surface area contributed by atoms with Crippen LogP contribution in [0.3, 0.4) is 0 Å². The fourth-order valence-electron chi connectivity index (χ4n) is 1.24. The average molecular weight is 164 g/mol. The number of hydrogen-bond donors (Lipinski definition) is 1. The molecule has 1 rings (SSSR count). The number of nitrogens with zero attached hydrogens (tertiary/aromatic N) is 1. The zero-order valence-electron chi connectivity index (χ0n) is 6.05. The first-order valence-corrected chi connectivity index (χ1v) is 3.63. The molecule has 0 atom stereocenters. The molecule has 60 valence electrons. The highest BCUT2D eigenvalue weighted by Gasteiger charge is 2.04. The fourth-order valence-corrected chi connectivity index (χ4v) is 1.24. The molecule has 0 amide bonds. The van der Waals surface area contributed by atoms with Gasteiger partial charge in [-0.2, -0.15) is 0 Å². The van der Waals surface area contributed by atoms with Crippen molar-refractivity contribution in [3.63, 3.8) is 0 Å². The van der Waals surface area contributed by atoms with Crippen molar-refractivity contribution in [1.82, 2.24) is 0 Å². The van der Waals surface area contributed by atoms with Gasteiger partial charge in [-0.25, -0.2) is 0 Å². The molecule has 0 unspecified atom stereocenters. The van der Waals surface area contributed by atoms with E-state index in [2.05, 4.69) is 5.16 Å². The van der Waals surface area contributed by atoms with Gasteiger partial charge in [0.05, 0.1) is 5.71 Å². The summed E-state index contributed by atoms with van der Waals surface area (Å²) in [5, 5.41) is 11.6. The molecule has 1 N–H and O–H groups in total. The van der Waals surface area contributed by atoms with Gasteiger partial charge in [0.25, 0.3) is 0 Å². The lowest BCUT2D eigenvalue weighted by atomic mass is 10.2. The Labute approximate surface area is 67.7 Å². The van der Waals surface area contributed by atoms with E-state index >= 15 is 0 Å². The molecular weight excluding hydrogens is 150 g/mol. The van der Waals surface area contributed by atoms with E-state index in [0.29, 0.717) is 0 Å². The van der Waals surface area contributed by atoms with Crippen molar-refractivity contribution in [1.29, 1.82) is 0 Å². The zero-order valence-corrected chi connectivity index (χ0v) is 6.86. The second-order valence-electron chi connectivity index (χ2n) is 2.58. The van der Waals surface area contributed by atoms with E-state index in [0.717, 1.165) is 18.6 Å². The lowest BCUT2D eigenvalue weighted by molar-refractivity contribution is 0.316. The quantitative estimate of drug-likeness (QED) is 0.332. The van der Waals surface area contributed by atoms with Crippen LogP contribution >= 0.6 is 12.4 Å². The van der Waals surface area contributed by atoms with E-state index in [1.807, 2.05) is 0 Å². The summed E-state index contributed by atoms with van der Waals surface area (Å²) in [6, 6.07) is 0. The number of halogens is 1. The Morgan fingerprint density at radius 3 is 1.90 bits per heavy atom. The largest absolute Gasteiger partial charge is 0.411 e. The Morgan fingerprint density at radius 1 is 1.00 bits per heavy atom. The van der Waals surface area contributed by atoms with Gasteiger partial charge >= 0.3 is 0 Å². The Hall–Kier alpha value is -0.240. The topological polar surface area (TPSA) is 32.6 Å². The molecule has 0 bridgehead atoms. The molecule has 0 radical (unpaired) electrons. The molecule has 0 spiro atoms. The molecule has 10 heavy (non-hydrogen) atoms. The van der Waals surface area contributed by atoms with E-state index in [9.17, 15) is 0 Å². The highest BCUT2D eigenvalue weighted by molar-refractivity contribution is 5.85. The van der Waals surface area contributed by atoms with Crippen molar-refractivity contribution < 1.29 is 5.21 Å². The minimum absolute atomic E-state index is 0. The van der Waals surface area contributed by atoms with Gasteiger partial charge < -0.3 is 5.21 Å². The number of hydrogen-bond acceptors (Lipinski definition) is 2. The number of rotatable bonds is 0. The van der Waals surface area contributed by atoms with Gasteiger partial charge in [-0.1, -0.05) is 18.0 Å². The summed E-state index contributed by atoms with van der Waals surface area (Å²) in [5.74, 6) is 0. The fraction of sp³-hybridized carbons (Fsp3) is 0.857. The van der Waals surface area contributed by atoms with E-state index < -0.39 is 0 Å². The van der Waals surface area contributed by atoms with Gasteiger partial charge in [0.1, 0.15) is 0 Å². The molecule has 0 saturated heterocycles. The molecule has 0 aliphatic heterocycles. The molecule has 3 heteroatoms.